The van der Waals surface area contributed by atoms with Crippen LogP contribution in [0.25, 0.3) is 0 Å². The summed E-state index contributed by atoms with van der Waals surface area (Å²) in [5.41, 5.74) is 0.730. The molecule has 0 amide bonds. The second kappa shape index (κ2) is 8.64. The van der Waals surface area contributed by atoms with E-state index in [1.165, 1.54) is 51.4 Å². The number of carbonyl (C=O) groups is 2. The fourth-order valence-electron chi connectivity index (χ4n) is 5.71. The molecule has 0 aromatic carbocycles. The van der Waals surface area contributed by atoms with Gasteiger partial charge in [0.2, 0.25) is 0 Å². The van der Waals surface area contributed by atoms with Gasteiger partial charge in [0.15, 0.2) is 5.78 Å². The van der Waals surface area contributed by atoms with Gasteiger partial charge in [-0.2, -0.15) is 0 Å². The Balaban J connectivity index is 1.48. The number of hydrogen-bond donors (Lipinski definition) is 0. The molecule has 0 spiro atoms. The van der Waals surface area contributed by atoms with E-state index in [1.807, 2.05) is 0 Å². The average molecular weight is 345 g/mol. The van der Waals surface area contributed by atoms with Crippen LogP contribution in [0.3, 0.4) is 0 Å². The van der Waals surface area contributed by atoms with Crippen LogP contribution in [-0.2, 0) is 9.59 Å². The summed E-state index contributed by atoms with van der Waals surface area (Å²) in [6.07, 6.45) is 14.3. The van der Waals surface area contributed by atoms with Crippen LogP contribution in [0, 0.1) is 29.6 Å². The number of carbonyl (C=O) groups excluding carboxylic acids is 2. The first-order chi connectivity index (χ1) is 12.1. The summed E-state index contributed by atoms with van der Waals surface area (Å²) in [5, 5.41) is 0. The van der Waals surface area contributed by atoms with Crippen molar-refractivity contribution >= 4 is 11.6 Å². The molecule has 3 atom stereocenters. The van der Waals surface area contributed by atoms with E-state index in [4.69, 9.17) is 0 Å². The normalized spacial score (nSPS) is 35.6. The van der Waals surface area contributed by atoms with Gasteiger partial charge >= 0.3 is 0 Å². The highest BCUT2D eigenvalue weighted by molar-refractivity contribution is 5.97. The fourth-order valence-corrected chi connectivity index (χ4v) is 5.71. The van der Waals surface area contributed by atoms with Gasteiger partial charge in [-0.15, -0.1) is 0 Å². The number of ketones is 2. The molecule has 2 heteroatoms. The van der Waals surface area contributed by atoms with Gasteiger partial charge in [0, 0.05) is 18.3 Å². The van der Waals surface area contributed by atoms with E-state index in [2.05, 4.69) is 13.5 Å². The maximum atomic E-state index is 13.0. The first kappa shape index (κ1) is 18.9. The highest BCUT2D eigenvalue weighted by Crippen LogP contribution is 2.45. The van der Waals surface area contributed by atoms with Crippen LogP contribution in [0.15, 0.2) is 12.2 Å². The summed E-state index contributed by atoms with van der Waals surface area (Å²) in [5.74, 6) is 3.27. The monoisotopic (exact) mass is 344 g/mol. The molecule has 0 saturated heterocycles. The van der Waals surface area contributed by atoms with Gasteiger partial charge in [-0.1, -0.05) is 58.4 Å². The lowest BCUT2D eigenvalue weighted by molar-refractivity contribution is -0.124. The Morgan fingerprint density at radius 2 is 1.52 bits per heavy atom. The minimum absolute atomic E-state index is 0.206. The lowest BCUT2D eigenvalue weighted by Gasteiger charge is -2.41. The molecule has 3 aliphatic rings. The maximum absolute atomic E-state index is 13.0. The van der Waals surface area contributed by atoms with Crippen molar-refractivity contribution in [3.63, 3.8) is 0 Å². The zero-order valence-electron chi connectivity index (χ0n) is 16.1. The Bertz CT molecular complexity index is 496. The Hall–Kier alpha value is -0.920. The van der Waals surface area contributed by atoms with Crippen LogP contribution >= 0.6 is 0 Å². The van der Waals surface area contributed by atoms with E-state index in [0.717, 1.165) is 36.7 Å². The molecule has 0 heterocycles. The molecule has 3 fully saturated rings. The van der Waals surface area contributed by atoms with Crippen molar-refractivity contribution < 1.29 is 9.59 Å². The van der Waals surface area contributed by atoms with Crippen molar-refractivity contribution in [1.82, 2.24) is 0 Å². The third-order valence-electron chi connectivity index (χ3n) is 7.40. The maximum Gasteiger partial charge on any atom is 0.161 e. The summed E-state index contributed by atoms with van der Waals surface area (Å²) in [6.45, 7) is 6.38. The Kier molecular flexibility index (Phi) is 6.52. The Morgan fingerprint density at radius 3 is 2.28 bits per heavy atom. The summed E-state index contributed by atoms with van der Waals surface area (Å²) in [4.78, 5) is 25.5. The molecule has 0 aromatic heterocycles. The van der Waals surface area contributed by atoms with Crippen molar-refractivity contribution in [3.8, 4) is 0 Å². The van der Waals surface area contributed by atoms with E-state index in [-0.39, 0.29) is 11.8 Å². The van der Waals surface area contributed by atoms with Gasteiger partial charge in [0.25, 0.3) is 0 Å². The first-order valence-electron chi connectivity index (χ1n) is 10.8. The number of Topliss-reactive ketones (excluding diaryl/α,β-unsaturated/α-hetero) is 2. The van der Waals surface area contributed by atoms with Crippen LogP contribution in [0.2, 0.25) is 0 Å². The SMILES string of the molecule is C=C(CCC(=O)C1CCC(C)CC1)C(=O)C1CCCC2CCCCC21. The van der Waals surface area contributed by atoms with Crippen molar-refractivity contribution in [2.75, 3.05) is 0 Å². The quantitative estimate of drug-likeness (QED) is 0.563. The largest absolute Gasteiger partial charge is 0.299 e. The second-order valence-electron chi connectivity index (χ2n) is 9.14. The molecule has 3 unspecified atom stereocenters. The molecular weight excluding hydrogens is 308 g/mol. The van der Waals surface area contributed by atoms with Crippen molar-refractivity contribution in [2.45, 2.75) is 90.4 Å². The Morgan fingerprint density at radius 1 is 0.840 bits per heavy atom. The van der Waals surface area contributed by atoms with Gasteiger partial charge < -0.3 is 0 Å². The smallest absolute Gasteiger partial charge is 0.161 e. The molecule has 0 radical (unpaired) electrons. The van der Waals surface area contributed by atoms with Crippen LogP contribution in [0.1, 0.15) is 90.4 Å². The van der Waals surface area contributed by atoms with E-state index in [0.29, 0.717) is 30.3 Å². The molecule has 0 aliphatic heterocycles. The minimum atomic E-state index is 0.206. The topological polar surface area (TPSA) is 34.1 Å². The molecule has 2 nitrogen and oxygen atoms in total. The molecule has 0 N–H and O–H groups in total. The van der Waals surface area contributed by atoms with Crippen molar-refractivity contribution in [3.05, 3.63) is 12.2 Å². The molecule has 140 valence electrons. The van der Waals surface area contributed by atoms with Crippen molar-refractivity contribution in [2.24, 2.45) is 29.6 Å². The Labute approximate surface area is 153 Å². The van der Waals surface area contributed by atoms with Gasteiger partial charge in [0.1, 0.15) is 5.78 Å². The predicted molar refractivity (Wildman–Crippen MR) is 102 cm³/mol. The van der Waals surface area contributed by atoms with E-state index in [9.17, 15) is 9.59 Å². The molecule has 25 heavy (non-hydrogen) atoms. The van der Waals surface area contributed by atoms with E-state index < -0.39 is 0 Å². The van der Waals surface area contributed by atoms with Crippen LogP contribution < -0.4 is 0 Å². The highest BCUT2D eigenvalue weighted by atomic mass is 16.1. The summed E-state index contributed by atoms with van der Waals surface area (Å²) < 4.78 is 0. The number of fused-ring (bicyclic) bond motifs is 1. The average Bonchev–Trinajstić information content (AvgIpc) is 2.65. The molecule has 3 saturated carbocycles. The molecular formula is C23H36O2. The molecule has 0 aromatic rings. The summed E-state index contributed by atoms with van der Waals surface area (Å²) in [6, 6.07) is 0. The number of rotatable bonds is 6. The zero-order chi connectivity index (χ0) is 17.8. The van der Waals surface area contributed by atoms with Crippen LogP contribution in [-0.4, -0.2) is 11.6 Å². The first-order valence-corrected chi connectivity index (χ1v) is 10.8. The molecule has 0 bridgehead atoms. The minimum Gasteiger partial charge on any atom is -0.299 e. The third kappa shape index (κ3) is 4.63. The van der Waals surface area contributed by atoms with Gasteiger partial charge in [-0.3, -0.25) is 9.59 Å². The lowest BCUT2D eigenvalue weighted by Crippen LogP contribution is -2.36. The zero-order valence-corrected chi connectivity index (χ0v) is 16.1. The van der Waals surface area contributed by atoms with Gasteiger partial charge in [0.05, 0.1) is 0 Å². The summed E-state index contributed by atoms with van der Waals surface area (Å²) >= 11 is 0. The predicted octanol–water partition coefficient (Wildman–Crippen LogP) is 5.89. The number of allylic oxidation sites excluding steroid dienone is 1. The van der Waals surface area contributed by atoms with Gasteiger partial charge in [-0.25, -0.2) is 0 Å². The molecule has 3 rings (SSSR count). The summed E-state index contributed by atoms with van der Waals surface area (Å²) in [7, 11) is 0. The fraction of sp³-hybridized carbons (Fsp3) is 0.826. The van der Waals surface area contributed by atoms with Crippen LogP contribution in [0.5, 0.6) is 0 Å². The lowest BCUT2D eigenvalue weighted by atomic mass is 9.63. The standard InChI is InChI=1S/C23H36O2/c1-16-10-13-19(14-11-16)22(24)15-12-17(2)23(25)21-9-5-7-18-6-3-4-8-20(18)21/h16,18-21H,2-15H2,1H3. The van der Waals surface area contributed by atoms with E-state index in [1.54, 1.807) is 0 Å². The van der Waals surface area contributed by atoms with Crippen LogP contribution in [0.4, 0.5) is 0 Å². The third-order valence-corrected chi connectivity index (χ3v) is 7.40. The van der Waals surface area contributed by atoms with E-state index >= 15 is 0 Å². The molecule has 3 aliphatic carbocycles. The van der Waals surface area contributed by atoms with Crippen molar-refractivity contribution in [1.29, 1.82) is 0 Å². The second-order valence-corrected chi connectivity index (χ2v) is 9.14. The number of hydrogen-bond acceptors (Lipinski definition) is 2. The van der Waals surface area contributed by atoms with Gasteiger partial charge in [-0.05, 0) is 55.4 Å². The highest BCUT2D eigenvalue weighted by Gasteiger charge is 2.38.